The number of carbonyl (C=O) groups is 3. The number of alkyl halides is 3. The summed E-state index contributed by atoms with van der Waals surface area (Å²) in [6.07, 6.45) is 0.493. The molecule has 0 spiro atoms. The van der Waals surface area contributed by atoms with Gasteiger partial charge < -0.3 is 5.32 Å². The molecule has 3 fully saturated rings. The number of nitrogens with zero attached hydrogens (tertiary/aromatic N) is 1. The Morgan fingerprint density at radius 3 is 2.24 bits per heavy atom. The third kappa shape index (κ3) is 2.79. The number of halogens is 4. The van der Waals surface area contributed by atoms with Gasteiger partial charge in [0.2, 0.25) is 17.7 Å². The average Bonchev–Trinajstić information content (AvgIpc) is 3.44. The molecule has 5 nitrogen and oxygen atoms in total. The number of benzene rings is 1. The van der Waals surface area contributed by atoms with Crippen LogP contribution in [0.2, 0.25) is 5.02 Å². The molecule has 1 heterocycles. The Balaban J connectivity index is 1.32. The van der Waals surface area contributed by atoms with Crippen molar-refractivity contribution in [3.05, 3.63) is 40.9 Å². The number of imide groups is 1. The summed E-state index contributed by atoms with van der Waals surface area (Å²) < 4.78 is 38.7. The molecule has 0 aromatic heterocycles. The monoisotopic (exact) mass is 424 g/mol. The zero-order chi connectivity index (χ0) is 20.7. The molecule has 1 aromatic carbocycles. The number of carbonyl (C=O) groups excluding carboxylic acids is 3. The van der Waals surface area contributed by atoms with Crippen LogP contribution in [0.5, 0.6) is 0 Å². The standard InChI is InChI=1S/C20H16ClF3N2O3/c21-13-4-1-8(20(22,23)24)5-14(13)25-15(27)7-26-18(28)16-9-2-3-10(12-6-11(9)12)17(16)19(26)29/h1-5,9-12,16-17H,6-7H2,(H,25,27)/t9-,10-,11-,12+,16+,17+/m0/s1. The smallest absolute Gasteiger partial charge is 0.323 e. The second-order valence-electron chi connectivity index (χ2n) is 8.16. The van der Waals surface area contributed by atoms with Crippen LogP contribution in [0, 0.1) is 35.5 Å². The fourth-order valence-electron chi connectivity index (χ4n) is 5.31. The number of nitrogens with one attached hydrogen (secondary N) is 1. The van der Waals surface area contributed by atoms with Crippen LogP contribution in [0.3, 0.4) is 0 Å². The summed E-state index contributed by atoms with van der Waals surface area (Å²) in [5, 5.41) is 2.23. The van der Waals surface area contributed by atoms with Gasteiger partial charge in [0.15, 0.2) is 0 Å². The third-order valence-electron chi connectivity index (χ3n) is 6.62. The van der Waals surface area contributed by atoms with E-state index >= 15 is 0 Å². The van der Waals surface area contributed by atoms with Gasteiger partial charge in [0.25, 0.3) is 0 Å². The minimum absolute atomic E-state index is 0.0393. The van der Waals surface area contributed by atoms with E-state index in [1.807, 2.05) is 12.2 Å². The number of allylic oxidation sites excluding steroid dienone is 2. The van der Waals surface area contributed by atoms with E-state index in [9.17, 15) is 27.6 Å². The zero-order valence-corrected chi connectivity index (χ0v) is 15.7. The van der Waals surface area contributed by atoms with E-state index in [4.69, 9.17) is 11.6 Å². The summed E-state index contributed by atoms with van der Waals surface area (Å²) in [4.78, 5) is 39.1. The van der Waals surface area contributed by atoms with Gasteiger partial charge >= 0.3 is 6.18 Å². The van der Waals surface area contributed by atoms with E-state index in [2.05, 4.69) is 5.32 Å². The van der Waals surface area contributed by atoms with Crippen LogP contribution in [0.25, 0.3) is 0 Å². The SMILES string of the molecule is O=C(CN1C(=O)[C@@H]2[C@H]3C=C[C@@H]([C@@H]4C[C@H]34)[C@H]2C1=O)Nc1cc(C(F)(F)F)ccc1Cl. The van der Waals surface area contributed by atoms with Gasteiger partial charge in [-0.2, -0.15) is 13.2 Å². The quantitative estimate of drug-likeness (QED) is 0.597. The summed E-state index contributed by atoms with van der Waals surface area (Å²) in [5.41, 5.74) is -1.18. The second-order valence-corrected chi connectivity index (χ2v) is 8.56. The van der Waals surface area contributed by atoms with Crippen molar-refractivity contribution in [3.8, 4) is 0 Å². The molecule has 2 saturated carbocycles. The van der Waals surface area contributed by atoms with Crippen molar-refractivity contribution in [1.82, 2.24) is 4.90 Å². The number of likely N-dealkylation sites (tertiary alicyclic amines) is 1. The first-order valence-corrected chi connectivity index (χ1v) is 9.75. The summed E-state index contributed by atoms with van der Waals surface area (Å²) in [6, 6.07) is 2.58. The Morgan fingerprint density at radius 1 is 1.10 bits per heavy atom. The highest BCUT2D eigenvalue weighted by atomic mass is 35.5. The van der Waals surface area contributed by atoms with E-state index in [1.165, 1.54) is 0 Å². The predicted molar refractivity (Wildman–Crippen MR) is 96.5 cm³/mol. The molecule has 29 heavy (non-hydrogen) atoms. The number of rotatable bonds is 3. The van der Waals surface area contributed by atoms with E-state index < -0.39 is 36.0 Å². The van der Waals surface area contributed by atoms with Crippen molar-refractivity contribution in [2.45, 2.75) is 12.6 Å². The van der Waals surface area contributed by atoms with E-state index in [0.717, 1.165) is 29.5 Å². The fraction of sp³-hybridized carbons (Fsp3) is 0.450. The Kier molecular flexibility index (Phi) is 3.91. The highest BCUT2D eigenvalue weighted by Crippen LogP contribution is 2.65. The Bertz CT molecular complexity index is 940. The molecule has 6 atom stereocenters. The van der Waals surface area contributed by atoms with Crippen LogP contribution in [-0.4, -0.2) is 29.2 Å². The first kappa shape index (κ1) is 18.7. The maximum absolute atomic E-state index is 12.9. The topological polar surface area (TPSA) is 66.5 Å². The maximum atomic E-state index is 12.9. The van der Waals surface area contributed by atoms with Crippen molar-refractivity contribution in [2.75, 3.05) is 11.9 Å². The lowest BCUT2D eigenvalue weighted by Crippen LogP contribution is -2.40. The lowest BCUT2D eigenvalue weighted by molar-refractivity contribution is -0.143. The molecule has 9 heteroatoms. The minimum Gasteiger partial charge on any atom is -0.323 e. The highest BCUT2D eigenvalue weighted by Gasteiger charge is 2.67. The molecule has 4 aliphatic carbocycles. The molecule has 0 unspecified atom stereocenters. The Morgan fingerprint density at radius 2 is 1.69 bits per heavy atom. The van der Waals surface area contributed by atoms with Gasteiger partial charge in [-0.3, -0.25) is 19.3 Å². The van der Waals surface area contributed by atoms with Crippen LogP contribution < -0.4 is 5.32 Å². The summed E-state index contributed by atoms with van der Waals surface area (Å²) in [7, 11) is 0. The zero-order valence-electron chi connectivity index (χ0n) is 14.9. The molecule has 3 amide bonds. The van der Waals surface area contributed by atoms with Gasteiger partial charge in [-0.1, -0.05) is 23.8 Å². The van der Waals surface area contributed by atoms with Crippen LogP contribution >= 0.6 is 11.6 Å². The average molecular weight is 425 g/mol. The first-order chi connectivity index (χ1) is 13.7. The third-order valence-corrected chi connectivity index (χ3v) is 6.95. The van der Waals surface area contributed by atoms with Gasteiger partial charge in [0, 0.05) is 0 Å². The van der Waals surface area contributed by atoms with Gasteiger partial charge in [-0.25, -0.2) is 0 Å². The lowest BCUT2D eigenvalue weighted by Gasteiger charge is -2.37. The lowest BCUT2D eigenvalue weighted by atomic mass is 9.63. The molecule has 5 aliphatic rings. The number of anilines is 1. The summed E-state index contributed by atoms with van der Waals surface area (Å²) in [6.45, 7) is -0.536. The van der Waals surface area contributed by atoms with Crippen molar-refractivity contribution in [3.63, 3.8) is 0 Å². The Labute approximate surface area is 168 Å². The molecule has 152 valence electrons. The van der Waals surface area contributed by atoms with Crippen molar-refractivity contribution in [1.29, 1.82) is 0 Å². The fourth-order valence-corrected chi connectivity index (χ4v) is 5.47. The highest BCUT2D eigenvalue weighted by molar-refractivity contribution is 6.33. The van der Waals surface area contributed by atoms with Gasteiger partial charge in [-0.15, -0.1) is 0 Å². The molecule has 0 radical (unpaired) electrons. The first-order valence-electron chi connectivity index (χ1n) is 9.37. The molecule has 1 aliphatic heterocycles. The maximum Gasteiger partial charge on any atom is 0.416 e. The minimum atomic E-state index is -4.59. The summed E-state index contributed by atoms with van der Waals surface area (Å²) >= 11 is 5.89. The number of amides is 3. The van der Waals surface area contributed by atoms with E-state index in [1.54, 1.807) is 0 Å². The van der Waals surface area contributed by atoms with Crippen molar-refractivity contribution in [2.24, 2.45) is 35.5 Å². The molecule has 1 N–H and O–H groups in total. The van der Waals surface area contributed by atoms with Crippen molar-refractivity contribution >= 4 is 35.0 Å². The van der Waals surface area contributed by atoms with Gasteiger partial charge in [0.1, 0.15) is 6.54 Å². The summed E-state index contributed by atoms with van der Waals surface area (Å²) in [5.74, 6) is -1.38. The molecule has 2 bridgehead atoms. The van der Waals surface area contributed by atoms with E-state index in [0.29, 0.717) is 11.8 Å². The Hall–Kier alpha value is -2.35. The molecular formula is C20H16ClF3N2O3. The number of hydrogen-bond acceptors (Lipinski definition) is 3. The van der Waals surface area contributed by atoms with Crippen LogP contribution in [-0.2, 0) is 20.6 Å². The second kappa shape index (κ2) is 6.08. The van der Waals surface area contributed by atoms with Gasteiger partial charge in [0.05, 0.1) is 28.1 Å². The van der Waals surface area contributed by atoms with Crippen LogP contribution in [0.1, 0.15) is 12.0 Å². The van der Waals surface area contributed by atoms with Crippen LogP contribution in [0.4, 0.5) is 18.9 Å². The number of hydrogen-bond donors (Lipinski definition) is 1. The molecular weight excluding hydrogens is 409 g/mol. The largest absolute Gasteiger partial charge is 0.416 e. The predicted octanol–water partition coefficient (Wildman–Crippen LogP) is 3.35. The van der Waals surface area contributed by atoms with Crippen molar-refractivity contribution < 1.29 is 27.6 Å². The molecule has 1 aromatic rings. The van der Waals surface area contributed by atoms with Gasteiger partial charge in [-0.05, 0) is 48.3 Å². The molecule has 1 saturated heterocycles. The van der Waals surface area contributed by atoms with E-state index in [-0.39, 0.29) is 34.4 Å². The molecule has 6 rings (SSSR count). The normalized spacial score (nSPS) is 34.3. The van der Waals surface area contributed by atoms with Crippen LogP contribution in [0.15, 0.2) is 30.4 Å².